The number of amides is 1. The fraction of sp³-hybridized carbons (Fsp3) is 0.917. The molecule has 0 bridgehead atoms. The molecule has 0 spiro atoms. The van der Waals surface area contributed by atoms with Crippen LogP contribution in [0.25, 0.3) is 0 Å². The van der Waals surface area contributed by atoms with Crippen LogP contribution in [0.4, 0.5) is 0 Å². The maximum atomic E-state index is 11.8. The maximum absolute atomic E-state index is 11.8. The zero-order chi connectivity index (χ0) is 12.8. The summed E-state index contributed by atoms with van der Waals surface area (Å²) in [4.78, 5) is 14.1. The predicted molar refractivity (Wildman–Crippen MR) is 67.7 cm³/mol. The van der Waals surface area contributed by atoms with Crippen molar-refractivity contribution >= 4 is 5.91 Å². The molecule has 5 nitrogen and oxygen atoms in total. The molecule has 0 saturated carbocycles. The van der Waals surface area contributed by atoms with Gasteiger partial charge in [0.15, 0.2) is 0 Å². The van der Waals surface area contributed by atoms with Gasteiger partial charge in [-0.15, -0.1) is 0 Å². The normalized spacial score (nSPS) is 22.8. The number of hydrogen-bond acceptors (Lipinski definition) is 4. The maximum Gasteiger partial charge on any atom is 0.224 e. The number of nitrogens with one attached hydrogen (secondary N) is 1. The van der Waals surface area contributed by atoms with Gasteiger partial charge in [-0.3, -0.25) is 9.69 Å². The van der Waals surface area contributed by atoms with Crippen molar-refractivity contribution in [3.8, 4) is 0 Å². The van der Waals surface area contributed by atoms with Gasteiger partial charge >= 0.3 is 0 Å². The van der Waals surface area contributed by atoms with E-state index < -0.39 is 0 Å². The average molecular weight is 243 g/mol. The fourth-order valence-corrected chi connectivity index (χ4v) is 1.83. The Morgan fingerprint density at radius 3 is 2.47 bits per heavy atom. The Labute approximate surface area is 104 Å². The quantitative estimate of drug-likeness (QED) is 0.702. The smallest absolute Gasteiger partial charge is 0.224 e. The molecule has 1 heterocycles. The summed E-state index contributed by atoms with van der Waals surface area (Å²) in [6.07, 6.45) is 0. The SMILES string of the molecule is CC(CN1CCOCC1)NC(=O)C(C)C(C)N. The van der Waals surface area contributed by atoms with Crippen LogP contribution in [-0.2, 0) is 9.53 Å². The first kappa shape index (κ1) is 14.4. The molecule has 0 aliphatic carbocycles. The molecule has 17 heavy (non-hydrogen) atoms. The largest absolute Gasteiger partial charge is 0.379 e. The Kier molecular flexibility index (Phi) is 5.88. The van der Waals surface area contributed by atoms with E-state index >= 15 is 0 Å². The van der Waals surface area contributed by atoms with E-state index in [1.165, 1.54) is 0 Å². The second-order valence-corrected chi connectivity index (χ2v) is 4.97. The monoisotopic (exact) mass is 243 g/mol. The summed E-state index contributed by atoms with van der Waals surface area (Å²) in [5, 5.41) is 3.01. The summed E-state index contributed by atoms with van der Waals surface area (Å²) >= 11 is 0. The Bertz CT molecular complexity index is 240. The standard InChI is InChI=1S/C12H25N3O2/c1-9(8-15-4-6-17-7-5-15)14-12(16)10(2)11(3)13/h9-11H,4-8,13H2,1-3H3,(H,14,16). The zero-order valence-corrected chi connectivity index (χ0v) is 11.1. The van der Waals surface area contributed by atoms with Crippen LogP contribution in [-0.4, -0.2) is 55.7 Å². The van der Waals surface area contributed by atoms with E-state index in [0.29, 0.717) is 0 Å². The van der Waals surface area contributed by atoms with E-state index in [1.54, 1.807) is 0 Å². The highest BCUT2D eigenvalue weighted by atomic mass is 16.5. The lowest BCUT2D eigenvalue weighted by Crippen LogP contribution is -2.48. The minimum absolute atomic E-state index is 0.0424. The van der Waals surface area contributed by atoms with E-state index in [0.717, 1.165) is 32.8 Å². The molecule has 0 radical (unpaired) electrons. The molecule has 100 valence electrons. The van der Waals surface area contributed by atoms with Crippen LogP contribution < -0.4 is 11.1 Å². The average Bonchev–Trinajstić information content (AvgIpc) is 2.28. The predicted octanol–water partition coefficient (Wildman–Crippen LogP) is -0.193. The van der Waals surface area contributed by atoms with Crippen molar-refractivity contribution in [1.29, 1.82) is 0 Å². The number of hydrogen-bond donors (Lipinski definition) is 2. The molecule has 0 aromatic heterocycles. The summed E-state index contributed by atoms with van der Waals surface area (Å²) < 4.78 is 5.29. The number of carbonyl (C=O) groups is 1. The van der Waals surface area contributed by atoms with Crippen molar-refractivity contribution in [3.63, 3.8) is 0 Å². The number of ether oxygens (including phenoxy) is 1. The van der Waals surface area contributed by atoms with Crippen molar-refractivity contribution in [3.05, 3.63) is 0 Å². The molecule has 1 saturated heterocycles. The molecule has 3 atom stereocenters. The first-order chi connectivity index (χ1) is 8.00. The van der Waals surface area contributed by atoms with Gasteiger partial charge in [-0.2, -0.15) is 0 Å². The van der Waals surface area contributed by atoms with E-state index in [9.17, 15) is 4.79 Å². The minimum Gasteiger partial charge on any atom is -0.379 e. The van der Waals surface area contributed by atoms with Gasteiger partial charge in [0.05, 0.1) is 13.2 Å². The number of nitrogens with two attached hydrogens (primary N) is 1. The highest BCUT2D eigenvalue weighted by Gasteiger charge is 2.20. The lowest BCUT2D eigenvalue weighted by atomic mass is 10.0. The van der Waals surface area contributed by atoms with Crippen LogP contribution in [0.5, 0.6) is 0 Å². The van der Waals surface area contributed by atoms with E-state index in [4.69, 9.17) is 10.5 Å². The Balaban J connectivity index is 2.28. The van der Waals surface area contributed by atoms with Gasteiger partial charge in [0.1, 0.15) is 0 Å². The Morgan fingerprint density at radius 2 is 1.94 bits per heavy atom. The van der Waals surface area contributed by atoms with E-state index in [-0.39, 0.29) is 23.9 Å². The molecule has 0 aromatic carbocycles. The van der Waals surface area contributed by atoms with Gasteiger partial charge in [0.25, 0.3) is 0 Å². The molecular formula is C12H25N3O2. The van der Waals surface area contributed by atoms with E-state index in [2.05, 4.69) is 10.2 Å². The first-order valence-electron chi connectivity index (χ1n) is 6.36. The first-order valence-corrected chi connectivity index (χ1v) is 6.36. The number of nitrogens with zero attached hydrogens (tertiary/aromatic N) is 1. The lowest BCUT2D eigenvalue weighted by Gasteiger charge is -2.30. The number of morpholine rings is 1. The molecule has 1 aliphatic heterocycles. The third-order valence-electron chi connectivity index (χ3n) is 3.23. The summed E-state index contributed by atoms with van der Waals surface area (Å²) in [5.74, 6) is -0.0945. The fourth-order valence-electron chi connectivity index (χ4n) is 1.83. The highest BCUT2D eigenvalue weighted by Crippen LogP contribution is 2.02. The van der Waals surface area contributed by atoms with Gasteiger partial charge in [-0.05, 0) is 13.8 Å². The Hall–Kier alpha value is -0.650. The molecule has 1 aliphatic rings. The van der Waals surface area contributed by atoms with Crippen LogP contribution >= 0.6 is 0 Å². The summed E-state index contributed by atoms with van der Waals surface area (Å²) in [7, 11) is 0. The molecule has 1 rings (SSSR count). The lowest BCUT2D eigenvalue weighted by molar-refractivity contribution is -0.125. The molecule has 3 N–H and O–H groups in total. The molecule has 5 heteroatoms. The van der Waals surface area contributed by atoms with Crippen LogP contribution in [0.2, 0.25) is 0 Å². The van der Waals surface area contributed by atoms with Gasteiger partial charge in [-0.1, -0.05) is 6.92 Å². The third kappa shape index (κ3) is 5.02. The number of rotatable bonds is 5. The van der Waals surface area contributed by atoms with Crippen LogP contribution in [0, 0.1) is 5.92 Å². The summed E-state index contributed by atoms with van der Waals surface area (Å²) in [6, 6.07) is 0.0485. The van der Waals surface area contributed by atoms with Crippen LogP contribution in [0.15, 0.2) is 0 Å². The molecule has 1 amide bonds. The topological polar surface area (TPSA) is 67.6 Å². The van der Waals surface area contributed by atoms with Crippen molar-refractivity contribution in [2.75, 3.05) is 32.8 Å². The summed E-state index contributed by atoms with van der Waals surface area (Å²) in [6.45, 7) is 10.1. The van der Waals surface area contributed by atoms with Gasteiger partial charge in [0.2, 0.25) is 5.91 Å². The number of carbonyl (C=O) groups excluding carboxylic acids is 1. The van der Waals surface area contributed by atoms with Crippen LogP contribution in [0.1, 0.15) is 20.8 Å². The zero-order valence-electron chi connectivity index (χ0n) is 11.1. The molecule has 3 unspecified atom stereocenters. The second kappa shape index (κ2) is 6.93. The second-order valence-electron chi connectivity index (χ2n) is 4.97. The minimum atomic E-state index is -0.137. The Morgan fingerprint density at radius 1 is 1.35 bits per heavy atom. The van der Waals surface area contributed by atoms with E-state index in [1.807, 2.05) is 20.8 Å². The van der Waals surface area contributed by atoms with Crippen molar-refractivity contribution < 1.29 is 9.53 Å². The van der Waals surface area contributed by atoms with Crippen molar-refractivity contribution in [1.82, 2.24) is 10.2 Å². The van der Waals surface area contributed by atoms with Crippen LogP contribution in [0.3, 0.4) is 0 Å². The molecule has 0 aromatic rings. The summed E-state index contributed by atoms with van der Waals surface area (Å²) in [5.41, 5.74) is 5.71. The van der Waals surface area contributed by atoms with Crippen molar-refractivity contribution in [2.24, 2.45) is 11.7 Å². The molecular weight excluding hydrogens is 218 g/mol. The van der Waals surface area contributed by atoms with Gasteiger partial charge < -0.3 is 15.8 Å². The van der Waals surface area contributed by atoms with Crippen molar-refractivity contribution in [2.45, 2.75) is 32.9 Å². The van der Waals surface area contributed by atoms with Gasteiger partial charge in [-0.25, -0.2) is 0 Å². The molecule has 1 fully saturated rings. The third-order valence-corrected chi connectivity index (χ3v) is 3.23. The highest BCUT2D eigenvalue weighted by molar-refractivity contribution is 5.79. The van der Waals surface area contributed by atoms with Gasteiger partial charge in [0, 0.05) is 37.6 Å².